The maximum atomic E-state index is 11.8. The van der Waals surface area contributed by atoms with Gasteiger partial charge >= 0.3 is 12.3 Å². The lowest BCUT2D eigenvalue weighted by atomic mass is 10.2. The van der Waals surface area contributed by atoms with Crippen molar-refractivity contribution in [2.45, 2.75) is 6.36 Å². The van der Waals surface area contributed by atoms with E-state index in [0.29, 0.717) is 10.0 Å². The Morgan fingerprint density at radius 3 is 2.65 bits per heavy atom. The summed E-state index contributed by atoms with van der Waals surface area (Å²) >= 11 is 3.20. The Labute approximate surface area is 120 Å². The van der Waals surface area contributed by atoms with Crippen molar-refractivity contribution in [3.63, 3.8) is 0 Å². The lowest BCUT2D eigenvalue weighted by molar-refractivity contribution is -0.325. The second-order valence-corrected chi connectivity index (χ2v) is 4.41. The second kappa shape index (κ2) is 7.30. The molecular formula is C12H10BrF3O4. The van der Waals surface area contributed by atoms with Crippen molar-refractivity contribution in [2.24, 2.45) is 0 Å². The van der Waals surface area contributed by atoms with Crippen molar-refractivity contribution >= 4 is 28.0 Å². The van der Waals surface area contributed by atoms with E-state index >= 15 is 0 Å². The number of carboxylic acid groups (broad SMARTS) is 1. The largest absolute Gasteiger partial charge is 0.522 e. The molecule has 0 radical (unpaired) electrons. The molecule has 0 atom stereocenters. The first-order chi connectivity index (χ1) is 9.28. The minimum Gasteiger partial charge on any atom is -0.491 e. The van der Waals surface area contributed by atoms with Crippen molar-refractivity contribution in [3.05, 3.63) is 34.3 Å². The summed E-state index contributed by atoms with van der Waals surface area (Å²) in [6.45, 7) is -0.962. The van der Waals surface area contributed by atoms with Crippen molar-refractivity contribution in [1.29, 1.82) is 0 Å². The summed E-state index contributed by atoms with van der Waals surface area (Å²) in [6, 6.07) is 4.72. The van der Waals surface area contributed by atoms with Gasteiger partial charge in [0.25, 0.3) is 0 Å². The van der Waals surface area contributed by atoms with Gasteiger partial charge in [-0.15, -0.1) is 13.2 Å². The van der Waals surface area contributed by atoms with Crippen LogP contribution in [0.25, 0.3) is 6.08 Å². The fourth-order valence-electron chi connectivity index (χ4n) is 1.25. The quantitative estimate of drug-likeness (QED) is 0.627. The average molecular weight is 355 g/mol. The molecule has 0 aliphatic carbocycles. The van der Waals surface area contributed by atoms with E-state index in [2.05, 4.69) is 20.7 Å². The van der Waals surface area contributed by atoms with E-state index < -0.39 is 18.9 Å². The number of aliphatic carboxylic acids is 1. The Morgan fingerprint density at radius 1 is 1.35 bits per heavy atom. The summed E-state index contributed by atoms with van der Waals surface area (Å²) in [5.41, 5.74) is 0.425. The fourth-order valence-corrected chi connectivity index (χ4v) is 1.63. The summed E-state index contributed by atoms with van der Waals surface area (Å²) < 4.78 is 44.7. The van der Waals surface area contributed by atoms with Crippen molar-refractivity contribution in [1.82, 2.24) is 0 Å². The molecule has 110 valence electrons. The zero-order valence-corrected chi connectivity index (χ0v) is 11.6. The molecule has 20 heavy (non-hydrogen) atoms. The van der Waals surface area contributed by atoms with Crippen molar-refractivity contribution < 1.29 is 32.5 Å². The molecule has 4 nitrogen and oxygen atoms in total. The van der Waals surface area contributed by atoms with Crippen LogP contribution in [0.1, 0.15) is 5.56 Å². The van der Waals surface area contributed by atoms with Crippen LogP contribution >= 0.6 is 15.9 Å². The van der Waals surface area contributed by atoms with Crippen LogP contribution in [0.4, 0.5) is 13.2 Å². The van der Waals surface area contributed by atoms with Crippen molar-refractivity contribution in [2.75, 3.05) is 13.2 Å². The molecule has 0 saturated heterocycles. The highest BCUT2D eigenvalue weighted by Crippen LogP contribution is 2.25. The van der Waals surface area contributed by atoms with Gasteiger partial charge in [0.1, 0.15) is 12.4 Å². The monoisotopic (exact) mass is 354 g/mol. The summed E-state index contributed by atoms with van der Waals surface area (Å²) in [4.78, 5) is 10.5. The Morgan fingerprint density at radius 2 is 2.05 bits per heavy atom. The van der Waals surface area contributed by atoms with Crippen LogP contribution in [0.3, 0.4) is 0 Å². The fraction of sp³-hybridized carbons (Fsp3) is 0.250. The average Bonchev–Trinajstić information content (AvgIpc) is 2.32. The predicted molar refractivity (Wildman–Crippen MR) is 68.3 cm³/mol. The predicted octanol–water partition coefficient (Wildman–Crippen LogP) is 3.46. The minimum absolute atomic E-state index is 0.261. The SMILES string of the molecule is O=C(O)C=Cc1cc(Br)ccc1OCCOC(F)(F)F. The van der Waals surface area contributed by atoms with Gasteiger partial charge in [-0.05, 0) is 24.3 Å². The molecule has 0 saturated carbocycles. The van der Waals surface area contributed by atoms with Crippen LogP contribution in [0.2, 0.25) is 0 Å². The zero-order valence-electron chi connectivity index (χ0n) is 9.98. The molecule has 1 N–H and O–H groups in total. The van der Waals surface area contributed by atoms with Gasteiger partial charge in [0.05, 0.1) is 6.61 Å². The summed E-state index contributed by atoms with van der Waals surface area (Å²) in [6.07, 6.45) is -2.51. The van der Waals surface area contributed by atoms with Crippen molar-refractivity contribution in [3.8, 4) is 5.75 Å². The first-order valence-corrected chi connectivity index (χ1v) is 6.11. The molecule has 8 heteroatoms. The van der Waals surface area contributed by atoms with Crippen LogP contribution in [-0.2, 0) is 9.53 Å². The molecule has 0 aliphatic rings. The molecule has 0 unspecified atom stereocenters. The van der Waals surface area contributed by atoms with Crippen LogP contribution in [0.15, 0.2) is 28.7 Å². The van der Waals surface area contributed by atoms with E-state index in [1.807, 2.05) is 0 Å². The van der Waals surface area contributed by atoms with E-state index in [0.717, 1.165) is 6.08 Å². The van der Waals surface area contributed by atoms with Gasteiger partial charge in [0.15, 0.2) is 0 Å². The van der Waals surface area contributed by atoms with E-state index in [1.165, 1.54) is 12.1 Å². The summed E-state index contributed by atoms with van der Waals surface area (Å²) in [5, 5.41) is 8.55. The highest BCUT2D eigenvalue weighted by atomic mass is 79.9. The topological polar surface area (TPSA) is 55.8 Å². The molecule has 1 rings (SSSR count). The lowest BCUT2D eigenvalue weighted by Gasteiger charge is -2.11. The first-order valence-electron chi connectivity index (χ1n) is 5.32. The zero-order chi connectivity index (χ0) is 15.2. The van der Waals surface area contributed by atoms with Crippen LogP contribution < -0.4 is 4.74 Å². The number of halogens is 4. The number of rotatable bonds is 6. The third kappa shape index (κ3) is 6.58. The van der Waals surface area contributed by atoms with Crippen LogP contribution in [0, 0.1) is 0 Å². The third-order valence-electron chi connectivity index (χ3n) is 1.98. The second-order valence-electron chi connectivity index (χ2n) is 3.50. The highest BCUT2D eigenvalue weighted by Gasteiger charge is 2.28. The van der Waals surface area contributed by atoms with E-state index in [-0.39, 0.29) is 12.4 Å². The molecule has 0 fully saturated rings. The van der Waals surface area contributed by atoms with Gasteiger partial charge in [-0.3, -0.25) is 4.74 Å². The van der Waals surface area contributed by atoms with Gasteiger partial charge in [-0.25, -0.2) is 4.79 Å². The van der Waals surface area contributed by atoms with Gasteiger partial charge in [-0.1, -0.05) is 15.9 Å². The Hall–Kier alpha value is -1.54. The molecule has 0 spiro atoms. The summed E-state index contributed by atoms with van der Waals surface area (Å²) in [7, 11) is 0. The lowest BCUT2D eigenvalue weighted by Crippen LogP contribution is -2.18. The molecule has 1 aromatic rings. The van der Waals surface area contributed by atoms with Crippen LogP contribution in [0.5, 0.6) is 5.75 Å². The molecule has 1 aromatic carbocycles. The van der Waals surface area contributed by atoms with E-state index in [9.17, 15) is 18.0 Å². The number of carbonyl (C=O) groups is 1. The maximum Gasteiger partial charge on any atom is 0.522 e. The number of alkyl halides is 3. The smallest absolute Gasteiger partial charge is 0.491 e. The number of hydrogen-bond acceptors (Lipinski definition) is 3. The number of benzene rings is 1. The maximum absolute atomic E-state index is 11.8. The Balaban J connectivity index is 2.67. The summed E-state index contributed by atoms with van der Waals surface area (Å²) in [5.74, 6) is -0.882. The third-order valence-corrected chi connectivity index (χ3v) is 2.48. The first kappa shape index (κ1) is 16.5. The molecule has 0 aliphatic heterocycles. The molecule has 0 aromatic heterocycles. The number of ether oxygens (including phenoxy) is 2. The van der Waals surface area contributed by atoms with Crippen LogP contribution in [-0.4, -0.2) is 30.7 Å². The Kier molecular flexibility index (Phi) is 6.03. The number of hydrogen-bond donors (Lipinski definition) is 1. The molecular weight excluding hydrogens is 345 g/mol. The van der Waals surface area contributed by atoms with Gasteiger partial charge in [0.2, 0.25) is 0 Å². The highest BCUT2D eigenvalue weighted by molar-refractivity contribution is 9.10. The normalized spacial score (nSPS) is 11.8. The van der Waals surface area contributed by atoms with Gasteiger partial charge in [0, 0.05) is 16.1 Å². The number of carboxylic acids is 1. The minimum atomic E-state index is -4.70. The standard InChI is InChI=1S/C12H10BrF3O4/c13-9-2-3-10(8(7-9)1-4-11(17)18)19-5-6-20-12(14,15)16/h1-4,7H,5-6H2,(H,17,18). The van der Waals surface area contributed by atoms with Gasteiger partial charge < -0.3 is 9.84 Å². The Bertz CT molecular complexity index is 500. The van der Waals surface area contributed by atoms with E-state index in [1.54, 1.807) is 12.1 Å². The molecule has 0 heterocycles. The molecule has 0 amide bonds. The van der Waals surface area contributed by atoms with Gasteiger partial charge in [-0.2, -0.15) is 0 Å². The molecule has 0 bridgehead atoms. The van der Waals surface area contributed by atoms with E-state index in [4.69, 9.17) is 9.84 Å².